The highest BCUT2D eigenvalue weighted by atomic mass is 127. The average Bonchev–Trinajstić information content (AvgIpc) is 3.01. The fourth-order valence-corrected chi connectivity index (χ4v) is 3.75. The second kappa shape index (κ2) is 7.23. The molecule has 0 spiro atoms. The number of ether oxygens (including phenoxy) is 5. The minimum absolute atomic E-state index is 0.00325. The van der Waals surface area contributed by atoms with Gasteiger partial charge in [0.25, 0.3) is 0 Å². The molecule has 2 aliphatic rings. The molecule has 0 saturated carbocycles. The lowest BCUT2D eigenvalue weighted by Gasteiger charge is -2.23. The SMILES string of the molecule is COc1ccc(COC[C@H]2O[C@H](CI)[C@H]3OC(C)(C)O[C@H]32)cc1. The van der Waals surface area contributed by atoms with Gasteiger partial charge >= 0.3 is 0 Å². The number of hydrogen-bond donors (Lipinski definition) is 0. The van der Waals surface area contributed by atoms with Gasteiger partial charge in [-0.25, -0.2) is 0 Å². The normalized spacial score (nSPS) is 32.0. The first-order chi connectivity index (χ1) is 11.0. The van der Waals surface area contributed by atoms with Crippen molar-refractivity contribution in [3.63, 3.8) is 0 Å². The number of benzene rings is 1. The maximum Gasteiger partial charge on any atom is 0.164 e. The Morgan fingerprint density at radius 3 is 2.35 bits per heavy atom. The molecule has 0 aromatic heterocycles. The van der Waals surface area contributed by atoms with Gasteiger partial charge in [-0.15, -0.1) is 0 Å². The van der Waals surface area contributed by atoms with Crippen molar-refractivity contribution in [2.24, 2.45) is 0 Å². The van der Waals surface area contributed by atoms with Crippen LogP contribution >= 0.6 is 22.6 Å². The van der Waals surface area contributed by atoms with Gasteiger partial charge in [-0.3, -0.25) is 0 Å². The van der Waals surface area contributed by atoms with Gasteiger partial charge < -0.3 is 23.7 Å². The molecule has 2 heterocycles. The molecule has 0 bridgehead atoms. The van der Waals surface area contributed by atoms with E-state index in [-0.39, 0.29) is 24.4 Å². The number of rotatable bonds is 6. The van der Waals surface area contributed by atoms with Crippen LogP contribution in [0.2, 0.25) is 0 Å². The van der Waals surface area contributed by atoms with Gasteiger partial charge in [0.2, 0.25) is 0 Å². The predicted molar refractivity (Wildman–Crippen MR) is 94.0 cm³/mol. The molecule has 2 fully saturated rings. The van der Waals surface area contributed by atoms with Crippen molar-refractivity contribution >= 4 is 22.6 Å². The van der Waals surface area contributed by atoms with Crippen molar-refractivity contribution in [1.82, 2.24) is 0 Å². The van der Waals surface area contributed by atoms with Crippen molar-refractivity contribution < 1.29 is 23.7 Å². The molecule has 2 saturated heterocycles. The van der Waals surface area contributed by atoms with E-state index in [4.69, 9.17) is 23.7 Å². The monoisotopic (exact) mass is 434 g/mol. The molecule has 23 heavy (non-hydrogen) atoms. The molecule has 1 aromatic carbocycles. The van der Waals surface area contributed by atoms with Crippen LogP contribution in [-0.2, 0) is 25.6 Å². The van der Waals surface area contributed by atoms with Crippen LogP contribution in [0.4, 0.5) is 0 Å². The second-order valence-electron chi connectivity index (χ2n) is 6.30. The van der Waals surface area contributed by atoms with Crippen LogP contribution in [0.1, 0.15) is 19.4 Å². The Labute approximate surface area is 150 Å². The van der Waals surface area contributed by atoms with Gasteiger partial charge in [-0.1, -0.05) is 34.7 Å². The smallest absolute Gasteiger partial charge is 0.164 e. The standard InChI is InChI=1S/C17H23IO5/c1-17(2)22-15-13(8-18)21-14(16(15)23-17)10-20-9-11-4-6-12(19-3)7-5-11/h4-7,13-16H,8-10H2,1-3H3/t13-,14-,15-,16+/m1/s1. The van der Waals surface area contributed by atoms with Crippen molar-refractivity contribution in [2.45, 2.75) is 50.7 Å². The Morgan fingerprint density at radius 2 is 1.74 bits per heavy atom. The summed E-state index contributed by atoms with van der Waals surface area (Å²) in [6.07, 6.45) is -0.0751. The van der Waals surface area contributed by atoms with Crippen LogP contribution in [0.3, 0.4) is 0 Å². The zero-order valence-electron chi connectivity index (χ0n) is 13.7. The zero-order valence-corrected chi connectivity index (χ0v) is 15.8. The fraction of sp³-hybridized carbons (Fsp3) is 0.647. The molecule has 4 atom stereocenters. The third-order valence-corrected chi connectivity index (χ3v) is 4.98. The molecular formula is C17H23IO5. The highest BCUT2D eigenvalue weighted by Crippen LogP contribution is 2.39. The molecule has 0 aliphatic carbocycles. The summed E-state index contributed by atoms with van der Waals surface area (Å²) in [6, 6.07) is 7.87. The van der Waals surface area contributed by atoms with Crippen molar-refractivity contribution in [3.05, 3.63) is 29.8 Å². The minimum atomic E-state index is -0.544. The van der Waals surface area contributed by atoms with Crippen LogP contribution in [-0.4, -0.2) is 48.3 Å². The van der Waals surface area contributed by atoms with Crippen LogP contribution < -0.4 is 4.74 Å². The van der Waals surface area contributed by atoms with E-state index in [2.05, 4.69) is 22.6 Å². The minimum Gasteiger partial charge on any atom is -0.497 e. The van der Waals surface area contributed by atoms with Gasteiger partial charge in [0, 0.05) is 4.43 Å². The van der Waals surface area contributed by atoms with E-state index < -0.39 is 5.79 Å². The summed E-state index contributed by atoms with van der Waals surface area (Å²) < 4.78 is 29.9. The summed E-state index contributed by atoms with van der Waals surface area (Å²) in [4.78, 5) is 0. The van der Waals surface area contributed by atoms with Crippen molar-refractivity contribution in [2.75, 3.05) is 18.1 Å². The lowest BCUT2D eigenvalue weighted by molar-refractivity contribution is -0.189. The molecule has 1 aromatic rings. The van der Waals surface area contributed by atoms with Crippen LogP contribution in [0.25, 0.3) is 0 Å². The largest absolute Gasteiger partial charge is 0.497 e. The molecule has 5 nitrogen and oxygen atoms in total. The summed E-state index contributed by atoms with van der Waals surface area (Å²) in [6.45, 7) is 4.94. The number of alkyl halides is 1. The maximum absolute atomic E-state index is 6.04. The summed E-state index contributed by atoms with van der Waals surface area (Å²) >= 11 is 2.33. The van der Waals surface area contributed by atoms with Crippen LogP contribution in [0.15, 0.2) is 24.3 Å². The first kappa shape index (κ1) is 17.4. The summed E-state index contributed by atoms with van der Waals surface area (Å²) in [5.41, 5.74) is 1.11. The van der Waals surface area contributed by atoms with E-state index in [1.807, 2.05) is 38.1 Å². The molecule has 0 unspecified atom stereocenters. The first-order valence-electron chi connectivity index (χ1n) is 7.80. The van der Waals surface area contributed by atoms with Crippen LogP contribution in [0, 0.1) is 0 Å². The average molecular weight is 434 g/mol. The number of fused-ring (bicyclic) bond motifs is 1. The van der Waals surface area contributed by atoms with Crippen molar-refractivity contribution in [1.29, 1.82) is 0 Å². The Kier molecular flexibility index (Phi) is 5.47. The molecular weight excluding hydrogens is 411 g/mol. The molecule has 128 valence electrons. The Balaban J connectivity index is 1.53. The summed E-state index contributed by atoms with van der Waals surface area (Å²) in [5.74, 6) is 0.302. The van der Waals surface area contributed by atoms with Gasteiger partial charge in [0.15, 0.2) is 5.79 Å². The molecule has 0 radical (unpaired) electrons. The highest BCUT2D eigenvalue weighted by Gasteiger charge is 2.54. The lowest BCUT2D eigenvalue weighted by atomic mass is 10.1. The third-order valence-electron chi connectivity index (χ3n) is 4.11. The molecule has 6 heteroatoms. The first-order valence-corrected chi connectivity index (χ1v) is 9.33. The second-order valence-corrected chi connectivity index (χ2v) is 7.18. The predicted octanol–water partition coefficient (Wildman–Crippen LogP) is 2.93. The number of methoxy groups -OCH3 is 1. The molecule has 3 rings (SSSR count). The van der Waals surface area contributed by atoms with Crippen molar-refractivity contribution in [3.8, 4) is 5.75 Å². The maximum atomic E-state index is 6.04. The van der Waals surface area contributed by atoms with E-state index in [1.165, 1.54) is 0 Å². The van der Waals surface area contributed by atoms with Crippen LogP contribution in [0.5, 0.6) is 5.75 Å². The summed E-state index contributed by atoms with van der Waals surface area (Å²) in [5, 5.41) is 0. The van der Waals surface area contributed by atoms with Gasteiger partial charge in [0.1, 0.15) is 24.1 Å². The quantitative estimate of drug-likeness (QED) is 0.509. The van der Waals surface area contributed by atoms with E-state index in [0.29, 0.717) is 13.2 Å². The van der Waals surface area contributed by atoms with Gasteiger partial charge in [0.05, 0.1) is 26.4 Å². The Bertz CT molecular complexity index is 518. The lowest BCUT2D eigenvalue weighted by Crippen LogP contribution is -2.32. The third kappa shape index (κ3) is 3.99. The highest BCUT2D eigenvalue weighted by molar-refractivity contribution is 14.1. The molecule has 2 aliphatic heterocycles. The molecule has 0 N–H and O–H groups in total. The summed E-state index contributed by atoms with van der Waals surface area (Å²) in [7, 11) is 1.66. The Morgan fingerprint density at radius 1 is 1.09 bits per heavy atom. The van der Waals surface area contributed by atoms with Gasteiger partial charge in [-0.2, -0.15) is 0 Å². The number of hydrogen-bond acceptors (Lipinski definition) is 5. The van der Waals surface area contributed by atoms with E-state index in [1.54, 1.807) is 7.11 Å². The Hall–Kier alpha value is -0.410. The topological polar surface area (TPSA) is 46.2 Å². The fourth-order valence-electron chi connectivity index (χ4n) is 3.04. The zero-order chi connectivity index (χ0) is 16.4. The number of halogens is 1. The molecule has 0 amide bonds. The van der Waals surface area contributed by atoms with Gasteiger partial charge in [-0.05, 0) is 31.5 Å². The van der Waals surface area contributed by atoms with E-state index >= 15 is 0 Å². The van der Waals surface area contributed by atoms with E-state index in [0.717, 1.165) is 15.7 Å². The van der Waals surface area contributed by atoms with E-state index in [9.17, 15) is 0 Å².